The van der Waals surface area contributed by atoms with E-state index in [1.54, 1.807) is 0 Å². The number of carbonyl (C=O) groups is 1. The molecular formula is C14H13N3O2. The second-order valence-electron chi connectivity index (χ2n) is 4.62. The maximum atomic E-state index is 10.7. The van der Waals surface area contributed by atoms with Crippen LogP contribution in [0.25, 0.3) is 0 Å². The van der Waals surface area contributed by atoms with Crippen molar-refractivity contribution in [2.24, 2.45) is 0 Å². The van der Waals surface area contributed by atoms with Crippen LogP contribution in [0.4, 0.5) is 5.95 Å². The van der Waals surface area contributed by atoms with E-state index in [4.69, 9.17) is 5.11 Å². The summed E-state index contributed by atoms with van der Waals surface area (Å²) in [6, 6.07) is 8.61. The molecule has 0 aliphatic heterocycles. The highest BCUT2D eigenvalue weighted by molar-refractivity contribution is 5.86. The van der Waals surface area contributed by atoms with Crippen LogP contribution in [0, 0.1) is 0 Å². The fraction of sp³-hybridized carbons (Fsp3) is 0.214. The van der Waals surface area contributed by atoms with E-state index in [-0.39, 0.29) is 11.6 Å². The Kier molecular flexibility index (Phi) is 2.87. The largest absolute Gasteiger partial charge is 0.478 e. The number of aromatic nitrogens is 2. The van der Waals surface area contributed by atoms with Gasteiger partial charge in [0.2, 0.25) is 5.95 Å². The molecule has 1 aliphatic rings. The van der Waals surface area contributed by atoms with Gasteiger partial charge >= 0.3 is 5.97 Å². The molecule has 2 aromatic rings. The molecule has 1 heterocycles. The lowest BCUT2D eigenvalue weighted by Crippen LogP contribution is -2.21. The van der Waals surface area contributed by atoms with E-state index in [1.165, 1.54) is 23.5 Å². The van der Waals surface area contributed by atoms with E-state index in [0.29, 0.717) is 5.95 Å². The number of hydrogen-bond acceptors (Lipinski definition) is 4. The molecule has 0 fully saturated rings. The van der Waals surface area contributed by atoms with E-state index in [0.717, 1.165) is 12.8 Å². The molecule has 0 spiro atoms. The molecule has 0 amide bonds. The summed E-state index contributed by atoms with van der Waals surface area (Å²) in [5.74, 6) is -0.539. The van der Waals surface area contributed by atoms with Crippen LogP contribution in [0.15, 0.2) is 36.7 Å². The fourth-order valence-electron chi connectivity index (χ4n) is 2.36. The minimum atomic E-state index is -1.01. The van der Waals surface area contributed by atoms with Gasteiger partial charge in [0.25, 0.3) is 0 Å². The van der Waals surface area contributed by atoms with Crippen LogP contribution in [0.1, 0.15) is 21.5 Å². The number of carboxylic acid groups (broad SMARTS) is 1. The van der Waals surface area contributed by atoms with Gasteiger partial charge in [-0.3, -0.25) is 0 Å². The number of carboxylic acids is 1. The smallest absolute Gasteiger partial charge is 0.338 e. The fourth-order valence-corrected chi connectivity index (χ4v) is 2.36. The first-order valence-electron chi connectivity index (χ1n) is 6.11. The number of hydrogen-bond donors (Lipinski definition) is 2. The van der Waals surface area contributed by atoms with Crippen LogP contribution in [0.2, 0.25) is 0 Å². The third-order valence-electron chi connectivity index (χ3n) is 3.28. The molecule has 0 unspecified atom stereocenters. The maximum absolute atomic E-state index is 10.7. The topological polar surface area (TPSA) is 75.1 Å². The summed E-state index contributed by atoms with van der Waals surface area (Å²) < 4.78 is 0. The maximum Gasteiger partial charge on any atom is 0.338 e. The Labute approximate surface area is 110 Å². The van der Waals surface area contributed by atoms with Gasteiger partial charge in [0.05, 0.1) is 5.56 Å². The number of aromatic carboxylic acids is 1. The standard InChI is InChI=1S/C14H13N3O2/c18-13(19)11-7-15-14(16-8-11)17-12-5-9-3-1-2-4-10(9)6-12/h1-4,7-8,12H,5-6H2,(H,18,19)(H,15,16,17). The van der Waals surface area contributed by atoms with E-state index in [9.17, 15) is 4.79 Å². The summed E-state index contributed by atoms with van der Waals surface area (Å²) in [6.45, 7) is 0. The highest BCUT2D eigenvalue weighted by atomic mass is 16.4. The molecule has 96 valence electrons. The van der Waals surface area contributed by atoms with Gasteiger partial charge in [-0.05, 0) is 24.0 Å². The van der Waals surface area contributed by atoms with E-state index in [2.05, 4.69) is 27.4 Å². The lowest BCUT2D eigenvalue weighted by atomic mass is 10.1. The van der Waals surface area contributed by atoms with Gasteiger partial charge < -0.3 is 10.4 Å². The second kappa shape index (κ2) is 4.68. The molecule has 0 bridgehead atoms. The minimum absolute atomic E-state index is 0.0975. The molecule has 5 nitrogen and oxygen atoms in total. The van der Waals surface area contributed by atoms with Crippen molar-refractivity contribution in [3.05, 3.63) is 53.3 Å². The highest BCUT2D eigenvalue weighted by Gasteiger charge is 2.21. The Morgan fingerprint density at radius 3 is 2.26 bits per heavy atom. The Hall–Kier alpha value is -2.43. The molecule has 1 aromatic carbocycles. The average molecular weight is 255 g/mol. The molecule has 0 saturated heterocycles. The molecule has 19 heavy (non-hydrogen) atoms. The van der Waals surface area contributed by atoms with Crippen molar-refractivity contribution in [1.82, 2.24) is 9.97 Å². The SMILES string of the molecule is O=C(O)c1cnc(NC2Cc3ccccc3C2)nc1. The number of nitrogens with one attached hydrogen (secondary N) is 1. The molecule has 2 N–H and O–H groups in total. The van der Waals surface area contributed by atoms with E-state index < -0.39 is 5.97 Å². The van der Waals surface area contributed by atoms with Gasteiger partial charge in [-0.15, -0.1) is 0 Å². The lowest BCUT2D eigenvalue weighted by Gasteiger charge is -2.11. The zero-order valence-electron chi connectivity index (χ0n) is 10.2. The zero-order valence-corrected chi connectivity index (χ0v) is 10.2. The molecule has 0 atom stereocenters. The van der Waals surface area contributed by atoms with Gasteiger partial charge in [0.1, 0.15) is 0 Å². The Morgan fingerprint density at radius 2 is 1.74 bits per heavy atom. The normalized spacial score (nSPS) is 14.1. The van der Waals surface area contributed by atoms with Crippen molar-refractivity contribution in [2.45, 2.75) is 18.9 Å². The van der Waals surface area contributed by atoms with Crippen LogP contribution in [-0.2, 0) is 12.8 Å². The quantitative estimate of drug-likeness (QED) is 0.874. The first kappa shape index (κ1) is 11.6. The first-order chi connectivity index (χ1) is 9.22. The van der Waals surface area contributed by atoms with Gasteiger partial charge in [0, 0.05) is 18.4 Å². The van der Waals surface area contributed by atoms with E-state index in [1.807, 2.05) is 12.1 Å². The summed E-state index contributed by atoms with van der Waals surface area (Å²) >= 11 is 0. The van der Waals surface area contributed by atoms with Gasteiger partial charge in [-0.25, -0.2) is 14.8 Å². The van der Waals surface area contributed by atoms with Crippen molar-refractivity contribution in [1.29, 1.82) is 0 Å². The van der Waals surface area contributed by atoms with Crippen LogP contribution in [0.5, 0.6) is 0 Å². The second-order valence-corrected chi connectivity index (χ2v) is 4.62. The van der Waals surface area contributed by atoms with Crippen LogP contribution in [0.3, 0.4) is 0 Å². The lowest BCUT2D eigenvalue weighted by molar-refractivity contribution is 0.0696. The summed E-state index contributed by atoms with van der Waals surface area (Å²) in [4.78, 5) is 18.8. The third-order valence-corrected chi connectivity index (χ3v) is 3.28. The van der Waals surface area contributed by atoms with Crippen molar-refractivity contribution in [3.63, 3.8) is 0 Å². The number of fused-ring (bicyclic) bond motifs is 1. The Morgan fingerprint density at radius 1 is 1.16 bits per heavy atom. The predicted molar refractivity (Wildman–Crippen MR) is 70.3 cm³/mol. The molecule has 3 rings (SSSR count). The average Bonchev–Trinajstić information content (AvgIpc) is 2.81. The Balaban J connectivity index is 1.69. The summed E-state index contributed by atoms with van der Waals surface area (Å²) in [7, 11) is 0. The zero-order chi connectivity index (χ0) is 13.2. The van der Waals surface area contributed by atoms with Crippen LogP contribution in [-0.4, -0.2) is 27.1 Å². The van der Waals surface area contributed by atoms with E-state index >= 15 is 0 Å². The molecule has 1 aromatic heterocycles. The van der Waals surface area contributed by atoms with Gasteiger partial charge in [-0.1, -0.05) is 24.3 Å². The summed E-state index contributed by atoms with van der Waals surface area (Å²) in [5, 5.41) is 12.0. The molecule has 0 saturated carbocycles. The minimum Gasteiger partial charge on any atom is -0.478 e. The van der Waals surface area contributed by atoms with Crippen molar-refractivity contribution >= 4 is 11.9 Å². The highest BCUT2D eigenvalue weighted by Crippen LogP contribution is 2.23. The molecule has 0 radical (unpaired) electrons. The summed E-state index contributed by atoms with van der Waals surface area (Å²) in [6.07, 6.45) is 4.53. The molecular weight excluding hydrogens is 242 g/mol. The number of benzene rings is 1. The van der Waals surface area contributed by atoms with Crippen LogP contribution >= 0.6 is 0 Å². The molecule has 1 aliphatic carbocycles. The third kappa shape index (κ3) is 2.40. The number of nitrogens with zero attached hydrogens (tertiary/aromatic N) is 2. The van der Waals surface area contributed by atoms with Crippen LogP contribution < -0.4 is 5.32 Å². The van der Waals surface area contributed by atoms with Crippen molar-refractivity contribution in [3.8, 4) is 0 Å². The number of anilines is 1. The van der Waals surface area contributed by atoms with Crippen molar-refractivity contribution < 1.29 is 9.90 Å². The Bertz CT molecular complexity index is 585. The van der Waals surface area contributed by atoms with Gasteiger partial charge in [-0.2, -0.15) is 0 Å². The van der Waals surface area contributed by atoms with Crippen molar-refractivity contribution in [2.75, 3.05) is 5.32 Å². The van der Waals surface area contributed by atoms with Gasteiger partial charge in [0.15, 0.2) is 0 Å². The number of rotatable bonds is 3. The first-order valence-corrected chi connectivity index (χ1v) is 6.11. The monoisotopic (exact) mass is 255 g/mol. The molecule has 5 heteroatoms. The summed E-state index contributed by atoms with van der Waals surface area (Å²) in [5.41, 5.74) is 2.80. The predicted octanol–water partition coefficient (Wildman–Crippen LogP) is 1.75.